The molecule has 1 fully saturated rings. The average molecular weight is 262 g/mol. The summed E-state index contributed by atoms with van der Waals surface area (Å²) in [6.07, 6.45) is 9.82. The van der Waals surface area contributed by atoms with Crippen molar-refractivity contribution >= 4 is 5.91 Å². The molecule has 1 aromatic rings. The van der Waals surface area contributed by atoms with Crippen molar-refractivity contribution in [2.75, 3.05) is 6.61 Å². The first-order valence-electron chi connectivity index (χ1n) is 7.05. The summed E-state index contributed by atoms with van der Waals surface area (Å²) in [5, 5.41) is 12.6. The van der Waals surface area contributed by atoms with E-state index in [2.05, 4.69) is 10.3 Å². The van der Waals surface area contributed by atoms with Crippen LogP contribution in [0.1, 0.15) is 44.1 Å². The number of rotatable bonds is 5. The summed E-state index contributed by atoms with van der Waals surface area (Å²) >= 11 is 0. The maximum atomic E-state index is 12.0. The highest BCUT2D eigenvalue weighted by molar-refractivity contribution is 5.77. The van der Waals surface area contributed by atoms with Gasteiger partial charge in [-0.05, 0) is 30.9 Å². The van der Waals surface area contributed by atoms with Crippen molar-refractivity contribution in [2.24, 2.45) is 0 Å². The van der Waals surface area contributed by atoms with Crippen LogP contribution in [-0.4, -0.2) is 28.1 Å². The number of aliphatic hydroxyl groups is 1. The van der Waals surface area contributed by atoms with Crippen LogP contribution in [0.5, 0.6) is 0 Å². The third-order valence-corrected chi connectivity index (χ3v) is 3.88. The van der Waals surface area contributed by atoms with E-state index in [4.69, 9.17) is 0 Å². The first-order valence-corrected chi connectivity index (χ1v) is 7.05. The summed E-state index contributed by atoms with van der Waals surface area (Å²) in [5.74, 6) is 0.0276. The highest BCUT2D eigenvalue weighted by Gasteiger charge is 2.32. The first kappa shape index (κ1) is 14.0. The fraction of sp³-hybridized carbons (Fsp3) is 0.600. The number of carbonyl (C=O) groups is 1. The van der Waals surface area contributed by atoms with Crippen molar-refractivity contribution in [2.45, 2.75) is 50.5 Å². The van der Waals surface area contributed by atoms with Crippen LogP contribution in [0, 0.1) is 0 Å². The molecule has 0 atom stereocenters. The van der Waals surface area contributed by atoms with E-state index >= 15 is 0 Å². The molecule has 0 spiro atoms. The van der Waals surface area contributed by atoms with E-state index in [1.807, 2.05) is 12.1 Å². The summed E-state index contributed by atoms with van der Waals surface area (Å²) in [7, 11) is 0. The zero-order valence-corrected chi connectivity index (χ0v) is 11.3. The Balaban J connectivity index is 1.83. The van der Waals surface area contributed by atoms with Crippen LogP contribution in [0.4, 0.5) is 0 Å². The van der Waals surface area contributed by atoms with Crippen LogP contribution < -0.4 is 5.32 Å². The van der Waals surface area contributed by atoms with E-state index in [1.165, 1.54) is 6.42 Å². The van der Waals surface area contributed by atoms with Gasteiger partial charge in [0.15, 0.2) is 0 Å². The van der Waals surface area contributed by atoms with Gasteiger partial charge in [0.25, 0.3) is 0 Å². The number of nitrogens with one attached hydrogen (secondary N) is 1. The Morgan fingerprint density at radius 2 is 2.16 bits per heavy atom. The quantitative estimate of drug-likeness (QED) is 0.851. The van der Waals surface area contributed by atoms with Gasteiger partial charge >= 0.3 is 0 Å². The molecular weight excluding hydrogens is 240 g/mol. The molecule has 0 saturated heterocycles. The van der Waals surface area contributed by atoms with E-state index in [9.17, 15) is 9.90 Å². The number of hydrogen-bond acceptors (Lipinski definition) is 3. The monoisotopic (exact) mass is 262 g/mol. The lowest BCUT2D eigenvalue weighted by molar-refractivity contribution is -0.124. The second-order valence-electron chi connectivity index (χ2n) is 5.41. The number of pyridine rings is 1. The van der Waals surface area contributed by atoms with Crippen LogP contribution in [-0.2, 0) is 11.2 Å². The highest BCUT2D eigenvalue weighted by atomic mass is 16.3. The smallest absolute Gasteiger partial charge is 0.220 e. The summed E-state index contributed by atoms with van der Waals surface area (Å²) in [5.41, 5.74) is 0.698. The Kier molecular flexibility index (Phi) is 4.91. The number of aryl methyl sites for hydroxylation is 1. The number of aliphatic hydroxyl groups excluding tert-OH is 1. The van der Waals surface area contributed by atoms with Gasteiger partial charge in [0, 0.05) is 18.8 Å². The Hall–Kier alpha value is -1.42. The average Bonchev–Trinajstić information content (AvgIpc) is 2.47. The van der Waals surface area contributed by atoms with E-state index in [1.54, 1.807) is 12.4 Å². The Bertz CT molecular complexity index is 400. The van der Waals surface area contributed by atoms with Crippen LogP contribution >= 0.6 is 0 Å². The zero-order chi connectivity index (χ0) is 13.6. The highest BCUT2D eigenvalue weighted by Crippen LogP contribution is 2.27. The molecule has 4 heteroatoms. The van der Waals surface area contributed by atoms with E-state index in [0.717, 1.165) is 31.2 Å². The lowest BCUT2D eigenvalue weighted by Gasteiger charge is -2.36. The molecule has 1 saturated carbocycles. The third-order valence-electron chi connectivity index (χ3n) is 3.88. The molecule has 1 aliphatic rings. The minimum absolute atomic E-state index is 0.0276. The minimum Gasteiger partial charge on any atom is -0.394 e. The van der Waals surface area contributed by atoms with Gasteiger partial charge in [-0.25, -0.2) is 0 Å². The first-order chi connectivity index (χ1) is 9.24. The fourth-order valence-electron chi connectivity index (χ4n) is 2.71. The Morgan fingerprint density at radius 1 is 1.37 bits per heavy atom. The van der Waals surface area contributed by atoms with Gasteiger partial charge in [0.1, 0.15) is 0 Å². The summed E-state index contributed by atoms with van der Waals surface area (Å²) in [6, 6.07) is 3.85. The number of hydrogen-bond donors (Lipinski definition) is 2. The molecule has 2 rings (SSSR count). The number of aromatic nitrogens is 1. The molecule has 0 unspecified atom stereocenters. The maximum absolute atomic E-state index is 12.0. The molecule has 4 nitrogen and oxygen atoms in total. The fourth-order valence-corrected chi connectivity index (χ4v) is 2.71. The molecule has 1 aromatic heterocycles. The lowest BCUT2D eigenvalue weighted by Crippen LogP contribution is -2.52. The van der Waals surface area contributed by atoms with Gasteiger partial charge < -0.3 is 10.4 Å². The van der Waals surface area contributed by atoms with Crippen LogP contribution in [0.15, 0.2) is 24.5 Å². The van der Waals surface area contributed by atoms with Crippen molar-refractivity contribution in [3.05, 3.63) is 30.1 Å². The van der Waals surface area contributed by atoms with Crippen molar-refractivity contribution in [1.82, 2.24) is 10.3 Å². The van der Waals surface area contributed by atoms with Gasteiger partial charge in [-0.1, -0.05) is 25.3 Å². The van der Waals surface area contributed by atoms with Gasteiger partial charge in [-0.3, -0.25) is 9.78 Å². The molecule has 1 amide bonds. The van der Waals surface area contributed by atoms with Crippen molar-refractivity contribution < 1.29 is 9.90 Å². The van der Waals surface area contributed by atoms with E-state index in [-0.39, 0.29) is 18.1 Å². The van der Waals surface area contributed by atoms with Crippen LogP contribution in [0.3, 0.4) is 0 Å². The predicted octanol–water partition coefficient (Wildman–Crippen LogP) is 1.83. The zero-order valence-electron chi connectivity index (χ0n) is 11.3. The van der Waals surface area contributed by atoms with Crippen LogP contribution in [0.25, 0.3) is 0 Å². The molecule has 19 heavy (non-hydrogen) atoms. The maximum Gasteiger partial charge on any atom is 0.220 e. The van der Waals surface area contributed by atoms with Gasteiger partial charge in [0.05, 0.1) is 12.1 Å². The molecule has 0 aromatic carbocycles. The van der Waals surface area contributed by atoms with Crippen molar-refractivity contribution in [1.29, 1.82) is 0 Å². The predicted molar refractivity (Wildman–Crippen MR) is 73.6 cm³/mol. The normalized spacial score (nSPS) is 17.9. The Labute approximate surface area is 114 Å². The van der Waals surface area contributed by atoms with Crippen molar-refractivity contribution in [3.8, 4) is 0 Å². The van der Waals surface area contributed by atoms with Crippen LogP contribution in [0.2, 0.25) is 0 Å². The largest absolute Gasteiger partial charge is 0.394 e. The second-order valence-corrected chi connectivity index (χ2v) is 5.41. The molecule has 0 bridgehead atoms. The number of carbonyl (C=O) groups excluding carboxylic acids is 1. The number of amides is 1. The summed E-state index contributed by atoms with van der Waals surface area (Å²) in [6.45, 7) is 0.0473. The molecule has 2 N–H and O–H groups in total. The molecular formula is C15H22N2O2. The topological polar surface area (TPSA) is 62.2 Å². The third kappa shape index (κ3) is 4.03. The molecule has 1 heterocycles. The van der Waals surface area contributed by atoms with Gasteiger partial charge in [-0.2, -0.15) is 0 Å². The molecule has 0 radical (unpaired) electrons. The minimum atomic E-state index is -0.371. The standard InChI is InChI=1S/C15H22N2O2/c18-12-15(8-2-1-3-9-15)17-14(19)7-6-13-5-4-10-16-11-13/h4-5,10-11,18H,1-3,6-9,12H2,(H,17,19). The SMILES string of the molecule is O=C(CCc1cccnc1)NC1(CO)CCCCC1. The molecule has 104 valence electrons. The molecule has 1 aliphatic carbocycles. The lowest BCUT2D eigenvalue weighted by atomic mass is 9.82. The number of nitrogens with zero attached hydrogens (tertiary/aromatic N) is 1. The molecule has 0 aliphatic heterocycles. The van der Waals surface area contributed by atoms with E-state index in [0.29, 0.717) is 12.8 Å². The Morgan fingerprint density at radius 3 is 2.79 bits per heavy atom. The summed E-state index contributed by atoms with van der Waals surface area (Å²) in [4.78, 5) is 16.0. The van der Waals surface area contributed by atoms with Crippen molar-refractivity contribution in [3.63, 3.8) is 0 Å². The van der Waals surface area contributed by atoms with Gasteiger partial charge in [-0.15, -0.1) is 0 Å². The van der Waals surface area contributed by atoms with E-state index < -0.39 is 0 Å². The second kappa shape index (κ2) is 6.66. The summed E-state index contributed by atoms with van der Waals surface area (Å²) < 4.78 is 0. The van der Waals surface area contributed by atoms with Gasteiger partial charge in [0.2, 0.25) is 5.91 Å².